The van der Waals surface area contributed by atoms with E-state index in [0.717, 1.165) is 36.9 Å². The Hall–Kier alpha value is -3.41. The van der Waals surface area contributed by atoms with Crippen LogP contribution in [0.25, 0.3) is 53.3 Å². The number of pyridine rings is 1. The minimum atomic E-state index is -1.61. The third kappa shape index (κ3) is 8.97. The Morgan fingerprint density at radius 2 is 1.32 bits per heavy atom. The van der Waals surface area contributed by atoms with Crippen LogP contribution in [-0.4, -0.2) is 23.9 Å². The van der Waals surface area contributed by atoms with E-state index in [1.165, 1.54) is 66.2 Å². The van der Waals surface area contributed by atoms with Crippen LogP contribution in [0, 0.1) is 17.9 Å². The van der Waals surface area contributed by atoms with E-state index in [0.29, 0.717) is 0 Å². The summed E-state index contributed by atoms with van der Waals surface area (Å²) in [4.78, 5) is 16.8. The third-order valence-electron chi connectivity index (χ3n) is 14.5. The first-order valence-corrected chi connectivity index (χ1v) is 27.8. The van der Waals surface area contributed by atoms with Crippen LogP contribution < -0.4 is 5.19 Å². The Labute approximate surface area is 398 Å². The van der Waals surface area contributed by atoms with Gasteiger partial charge < -0.3 is 5.11 Å². The molecule has 0 atom stereocenters. The number of carbonyl (C=O) groups excluding carboxylic acids is 1. The number of aliphatic hydroxyl groups excluding tert-OH is 1. The molecule has 2 heterocycles. The predicted octanol–water partition coefficient (Wildman–Crippen LogP) is 16.1. The van der Waals surface area contributed by atoms with E-state index in [1.54, 1.807) is 22.3 Å². The number of allylic oxidation sites excluding steroid dienone is 2. The number of aliphatic hydroxyl groups is 1. The van der Waals surface area contributed by atoms with Crippen molar-refractivity contribution in [3.05, 3.63) is 107 Å². The van der Waals surface area contributed by atoms with Crippen molar-refractivity contribution in [2.75, 3.05) is 0 Å². The molecule has 1 N–H and O–H groups in total. The molecule has 1 radical (unpaired) electrons. The molecule has 2 aromatic heterocycles. The normalized spacial score (nSPS) is 17.2. The van der Waals surface area contributed by atoms with Gasteiger partial charge in [0.15, 0.2) is 5.78 Å². The summed E-state index contributed by atoms with van der Waals surface area (Å²) in [7, 11) is -1.61. The monoisotopic (exact) mass is 1060 g/mol. The largest absolute Gasteiger partial charge is 0.512 e. The van der Waals surface area contributed by atoms with E-state index < -0.39 is 8.07 Å². The van der Waals surface area contributed by atoms with Gasteiger partial charge in [-0.15, -0.1) is 40.1 Å². The van der Waals surface area contributed by atoms with E-state index >= 15 is 0 Å². The SMILES string of the molecule is CC1(C)CC(C)(C)c2c1cc1c(c2-c2ccc3c(c2)sc2c(-c4[c-]c5ccccc5c([Si](C)(C)C)c4)nccc23)C(C)(C)CC1(C)C.CCC(CC)C(=O)/C=C(\O)C(CC)CC.[Ir]. The van der Waals surface area contributed by atoms with Crippen LogP contribution in [0.5, 0.6) is 0 Å². The predicted molar refractivity (Wildman–Crippen MR) is 273 cm³/mol. The Balaban J connectivity index is 0.000000356. The molecule has 0 fully saturated rings. The van der Waals surface area contributed by atoms with Crippen molar-refractivity contribution in [1.82, 2.24) is 4.98 Å². The van der Waals surface area contributed by atoms with Crippen molar-refractivity contribution < 1.29 is 30.0 Å². The molecule has 4 aromatic carbocycles. The van der Waals surface area contributed by atoms with Crippen molar-refractivity contribution in [2.24, 2.45) is 11.8 Å². The van der Waals surface area contributed by atoms with Gasteiger partial charge in [-0.25, -0.2) is 0 Å². The van der Waals surface area contributed by atoms with E-state index in [4.69, 9.17) is 4.98 Å². The number of hydrogen-bond acceptors (Lipinski definition) is 4. The number of rotatable bonds is 10. The van der Waals surface area contributed by atoms with Crippen LogP contribution >= 0.6 is 11.3 Å². The van der Waals surface area contributed by atoms with Crippen molar-refractivity contribution in [2.45, 2.75) is 163 Å². The van der Waals surface area contributed by atoms with Crippen LogP contribution in [-0.2, 0) is 46.6 Å². The molecule has 63 heavy (non-hydrogen) atoms. The summed E-state index contributed by atoms with van der Waals surface area (Å²) in [5.41, 5.74) is 11.9. The molecule has 6 aromatic rings. The first-order valence-electron chi connectivity index (χ1n) is 23.4. The van der Waals surface area contributed by atoms with Crippen molar-refractivity contribution in [3.8, 4) is 22.4 Å². The first kappa shape index (κ1) is 49.0. The van der Waals surface area contributed by atoms with E-state index in [2.05, 4.69) is 142 Å². The van der Waals surface area contributed by atoms with Gasteiger partial charge in [-0.1, -0.05) is 150 Å². The number of hydrogen-bond donors (Lipinski definition) is 1. The van der Waals surface area contributed by atoms with Crippen molar-refractivity contribution in [1.29, 1.82) is 0 Å². The second kappa shape index (κ2) is 17.8. The molecular formula is C57H72IrNO2SSi-. The quantitative estimate of drug-likeness (QED) is 0.0644. The van der Waals surface area contributed by atoms with E-state index in [-0.39, 0.29) is 65.1 Å². The Morgan fingerprint density at radius 3 is 1.87 bits per heavy atom. The number of carbonyl (C=O) groups is 1. The minimum absolute atomic E-state index is 0. The van der Waals surface area contributed by atoms with Gasteiger partial charge in [0.05, 0.1) is 13.8 Å². The summed E-state index contributed by atoms with van der Waals surface area (Å²) < 4.78 is 2.61. The maximum atomic E-state index is 11.7. The molecule has 0 saturated heterocycles. The molecule has 0 spiro atoms. The van der Waals surface area contributed by atoms with Crippen LogP contribution in [0.15, 0.2) is 78.7 Å². The second-order valence-corrected chi connectivity index (χ2v) is 28.3. The Morgan fingerprint density at radius 1 is 0.746 bits per heavy atom. The molecule has 2 aliphatic rings. The maximum Gasteiger partial charge on any atom is 0.162 e. The zero-order valence-electron chi connectivity index (χ0n) is 40.9. The van der Waals surface area contributed by atoms with E-state index in [1.807, 2.05) is 45.2 Å². The molecule has 0 amide bonds. The summed E-state index contributed by atoms with van der Waals surface area (Å²) in [5, 5.41) is 16.4. The molecule has 337 valence electrons. The molecule has 0 saturated carbocycles. The van der Waals surface area contributed by atoms with Gasteiger partial charge >= 0.3 is 0 Å². The zero-order valence-corrected chi connectivity index (χ0v) is 45.1. The van der Waals surface area contributed by atoms with Gasteiger partial charge in [0.1, 0.15) is 0 Å². The molecule has 0 bridgehead atoms. The summed E-state index contributed by atoms with van der Waals surface area (Å²) in [6.45, 7) is 35.2. The van der Waals surface area contributed by atoms with Crippen LogP contribution in [0.2, 0.25) is 19.6 Å². The van der Waals surface area contributed by atoms with E-state index in [9.17, 15) is 9.90 Å². The molecule has 3 nitrogen and oxygen atoms in total. The number of fused-ring (bicyclic) bond motifs is 6. The van der Waals surface area contributed by atoms with Gasteiger partial charge in [0.25, 0.3) is 0 Å². The van der Waals surface area contributed by atoms with Gasteiger partial charge in [0, 0.05) is 59.3 Å². The Bertz CT molecular complexity index is 2670. The number of aromatic nitrogens is 1. The van der Waals surface area contributed by atoms with Gasteiger partial charge in [-0.3, -0.25) is 9.78 Å². The fourth-order valence-electron chi connectivity index (χ4n) is 11.8. The fraction of sp³-hybridized carbons (Fsp3) is 0.474. The standard InChI is InChI=1S/C44H48NSSi.C13H24O2.Ir/c1-41(2)24-43(5,6)37-32(41)23-33-38(44(7,8)25-42(33,3)4)36(37)27-16-17-30-31-18-19-45-39(40(31)46-34(30)21-27)28-20-26-14-12-13-15-29(26)35(22-28)47(9,10)11;1-5-10(6-2)12(14)9-13(15)11(7-3)8-4;/h12-19,21-23H,24-25H2,1-11H3;9-11,14H,5-8H2,1-4H3;/q-1;;/b;12-9-;. The van der Waals surface area contributed by atoms with Crippen LogP contribution in [0.1, 0.15) is 144 Å². The zero-order chi connectivity index (χ0) is 45.3. The maximum absolute atomic E-state index is 11.7. The van der Waals surface area contributed by atoms with Crippen molar-refractivity contribution in [3.63, 3.8) is 0 Å². The minimum Gasteiger partial charge on any atom is -0.512 e. The molecule has 0 unspecified atom stereocenters. The average molecular weight is 1060 g/mol. The number of thiophene rings is 1. The number of nitrogens with zero attached hydrogens (tertiary/aromatic N) is 1. The second-order valence-electron chi connectivity index (χ2n) is 22.2. The van der Waals surface area contributed by atoms with Gasteiger partial charge in [0.2, 0.25) is 0 Å². The number of benzene rings is 4. The molecule has 0 aliphatic heterocycles. The average Bonchev–Trinajstić information content (AvgIpc) is 3.73. The van der Waals surface area contributed by atoms with Gasteiger partial charge in [-0.2, -0.15) is 0 Å². The smallest absolute Gasteiger partial charge is 0.162 e. The molecule has 8 rings (SSSR count). The topological polar surface area (TPSA) is 50.2 Å². The summed E-state index contributed by atoms with van der Waals surface area (Å²) in [5.74, 6) is 0.547. The van der Waals surface area contributed by atoms with Crippen LogP contribution in [0.4, 0.5) is 0 Å². The number of ketones is 1. The third-order valence-corrected chi connectivity index (χ3v) is 17.7. The summed E-state index contributed by atoms with van der Waals surface area (Å²) in [6, 6.07) is 27.1. The fourth-order valence-corrected chi connectivity index (χ4v) is 14.7. The van der Waals surface area contributed by atoms with Crippen molar-refractivity contribution >= 4 is 61.3 Å². The van der Waals surface area contributed by atoms with Gasteiger partial charge in [-0.05, 0) is 116 Å². The molecule has 2 aliphatic carbocycles. The molecular weight excluding hydrogens is 983 g/mol. The summed E-state index contributed by atoms with van der Waals surface area (Å²) in [6.07, 6.45) is 9.26. The van der Waals surface area contributed by atoms with Crippen LogP contribution in [0.3, 0.4) is 0 Å². The first-order chi connectivity index (χ1) is 29.0. The Kier molecular flexibility index (Phi) is 13.8. The molecule has 6 heteroatoms. The summed E-state index contributed by atoms with van der Waals surface area (Å²) >= 11 is 1.91.